The number of aliphatic hydroxyl groups excluding tert-OH is 2. The third-order valence-corrected chi connectivity index (χ3v) is 6.58. The molecule has 5 N–H and O–H groups in total. The molecule has 6 nitrogen and oxygen atoms in total. The highest BCUT2D eigenvalue weighted by Gasteiger charge is 2.42. The van der Waals surface area contributed by atoms with E-state index in [9.17, 15) is 15.0 Å². The zero-order chi connectivity index (χ0) is 18.1. The molecule has 0 radical (unpaired) electrons. The van der Waals surface area contributed by atoms with Crippen LogP contribution in [-0.4, -0.2) is 74.3 Å². The Bertz CT molecular complexity index is 444. The van der Waals surface area contributed by atoms with Crippen LogP contribution < -0.4 is 5.73 Å². The van der Waals surface area contributed by atoms with Crippen LogP contribution >= 0.6 is 23.2 Å². The Hall–Kier alpha value is -0.110. The van der Waals surface area contributed by atoms with Crippen LogP contribution in [0.15, 0.2) is 0 Å². The molecule has 1 amide bonds. The summed E-state index contributed by atoms with van der Waals surface area (Å²) in [5.41, 5.74) is 4.66. The van der Waals surface area contributed by atoms with Crippen molar-refractivity contribution in [2.75, 3.05) is 19.7 Å². The van der Waals surface area contributed by atoms with Crippen LogP contribution in [0.5, 0.6) is 0 Å². The summed E-state index contributed by atoms with van der Waals surface area (Å²) in [5, 5.41) is 28.9. The Balaban J connectivity index is 1.91. The highest BCUT2D eigenvalue weighted by atomic mass is 35.5. The summed E-state index contributed by atoms with van der Waals surface area (Å²) in [4.78, 5) is 13.7. The van der Waals surface area contributed by atoms with Gasteiger partial charge in [-0.2, -0.15) is 0 Å². The molecule has 0 aromatic heterocycles. The molecule has 0 bridgehead atoms. The van der Waals surface area contributed by atoms with E-state index in [0.29, 0.717) is 38.8 Å². The Morgan fingerprint density at radius 2 is 1.83 bits per heavy atom. The topological polar surface area (TPSA) is 107 Å². The predicted molar refractivity (Wildman–Crippen MR) is 93.0 cm³/mol. The number of amides is 1. The number of hydrogen-bond donors (Lipinski definition) is 4. The first kappa shape index (κ1) is 20.2. The monoisotopic (exact) mass is 382 g/mol. The van der Waals surface area contributed by atoms with E-state index in [4.69, 9.17) is 34.0 Å². The number of nitrogens with two attached hydrogens (primary N) is 1. The minimum absolute atomic E-state index is 0.0877. The van der Waals surface area contributed by atoms with Crippen molar-refractivity contribution < 1.29 is 20.1 Å². The van der Waals surface area contributed by atoms with Gasteiger partial charge in [-0.1, -0.05) is 0 Å². The van der Waals surface area contributed by atoms with Gasteiger partial charge in [0.1, 0.15) is 0 Å². The number of piperidine rings is 1. The quantitative estimate of drug-likeness (QED) is 0.522. The molecule has 8 heteroatoms. The SMILES string of the molecule is C[C@@](O)(CO)C(=O)N1CCC([C@@H](N)C2CC(Cl)C(Cl)CC2O)CC1. The van der Waals surface area contributed by atoms with Crippen LogP contribution in [0.4, 0.5) is 0 Å². The minimum atomic E-state index is -1.74. The maximum atomic E-state index is 12.2. The van der Waals surface area contributed by atoms with Gasteiger partial charge in [0.2, 0.25) is 0 Å². The smallest absolute Gasteiger partial charge is 0.256 e. The van der Waals surface area contributed by atoms with Crippen LogP contribution in [0.25, 0.3) is 0 Å². The maximum absolute atomic E-state index is 12.2. The molecule has 0 spiro atoms. The molecular weight excluding hydrogens is 355 g/mol. The van der Waals surface area contributed by atoms with Crippen molar-refractivity contribution in [1.29, 1.82) is 0 Å². The zero-order valence-electron chi connectivity index (χ0n) is 13.9. The lowest BCUT2D eigenvalue weighted by Gasteiger charge is -2.43. The molecule has 24 heavy (non-hydrogen) atoms. The van der Waals surface area contributed by atoms with Gasteiger partial charge < -0.3 is 26.0 Å². The Morgan fingerprint density at radius 1 is 1.29 bits per heavy atom. The average Bonchev–Trinajstić information content (AvgIpc) is 2.57. The molecule has 1 aliphatic heterocycles. The number of alkyl halides is 2. The molecule has 0 aromatic rings. The van der Waals surface area contributed by atoms with Gasteiger partial charge in [-0.05, 0) is 38.5 Å². The van der Waals surface area contributed by atoms with Crippen LogP contribution in [0.3, 0.4) is 0 Å². The van der Waals surface area contributed by atoms with Crippen LogP contribution in [0.1, 0.15) is 32.6 Å². The van der Waals surface area contributed by atoms with Crippen molar-refractivity contribution in [3.63, 3.8) is 0 Å². The number of rotatable bonds is 4. The molecule has 1 heterocycles. The van der Waals surface area contributed by atoms with Gasteiger partial charge in [0.25, 0.3) is 5.91 Å². The van der Waals surface area contributed by atoms with E-state index in [1.807, 2.05) is 0 Å². The second-order valence-corrected chi connectivity index (χ2v) is 8.49. The lowest BCUT2D eigenvalue weighted by molar-refractivity contribution is -0.155. The number of carbonyl (C=O) groups excluding carboxylic acids is 1. The molecule has 2 fully saturated rings. The Morgan fingerprint density at radius 3 is 2.38 bits per heavy atom. The van der Waals surface area contributed by atoms with Gasteiger partial charge in [0.05, 0.1) is 23.5 Å². The lowest BCUT2D eigenvalue weighted by atomic mass is 9.74. The van der Waals surface area contributed by atoms with E-state index in [2.05, 4.69) is 0 Å². The van der Waals surface area contributed by atoms with Gasteiger partial charge in [-0.15, -0.1) is 23.2 Å². The van der Waals surface area contributed by atoms with Crippen molar-refractivity contribution in [3.05, 3.63) is 0 Å². The van der Waals surface area contributed by atoms with Crippen molar-refractivity contribution in [3.8, 4) is 0 Å². The molecule has 1 saturated heterocycles. The average molecular weight is 383 g/mol. The number of hydrogen-bond acceptors (Lipinski definition) is 5. The van der Waals surface area contributed by atoms with Crippen molar-refractivity contribution in [2.24, 2.45) is 17.6 Å². The number of halogens is 2. The van der Waals surface area contributed by atoms with Gasteiger partial charge in [0.15, 0.2) is 5.60 Å². The second kappa shape index (κ2) is 8.06. The maximum Gasteiger partial charge on any atom is 0.256 e. The molecule has 1 saturated carbocycles. The Labute approximate surface area is 152 Å². The molecule has 2 rings (SSSR count). The van der Waals surface area contributed by atoms with Gasteiger partial charge in [-0.3, -0.25) is 4.79 Å². The molecule has 1 aliphatic carbocycles. The summed E-state index contributed by atoms with van der Waals surface area (Å²) < 4.78 is 0. The fourth-order valence-corrected chi connectivity index (χ4v) is 4.37. The molecule has 140 valence electrons. The van der Waals surface area contributed by atoms with Crippen LogP contribution in [0.2, 0.25) is 0 Å². The number of aliphatic hydroxyl groups is 3. The molecule has 4 unspecified atom stereocenters. The van der Waals surface area contributed by atoms with Crippen molar-refractivity contribution in [2.45, 2.75) is 61.1 Å². The summed E-state index contributed by atoms with van der Waals surface area (Å²) >= 11 is 12.3. The fourth-order valence-electron chi connectivity index (χ4n) is 3.78. The first-order chi connectivity index (χ1) is 11.2. The van der Waals surface area contributed by atoms with E-state index in [1.54, 1.807) is 4.90 Å². The lowest BCUT2D eigenvalue weighted by Crippen LogP contribution is -2.55. The van der Waals surface area contributed by atoms with Gasteiger partial charge in [0, 0.05) is 25.0 Å². The second-order valence-electron chi connectivity index (χ2n) is 7.37. The van der Waals surface area contributed by atoms with E-state index >= 15 is 0 Å². The predicted octanol–water partition coefficient (Wildman–Crippen LogP) is 0.281. The first-order valence-corrected chi connectivity index (χ1v) is 9.39. The minimum Gasteiger partial charge on any atom is -0.393 e. The molecule has 6 atom stereocenters. The van der Waals surface area contributed by atoms with Crippen LogP contribution in [0, 0.1) is 11.8 Å². The van der Waals surface area contributed by atoms with E-state index < -0.39 is 24.2 Å². The van der Waals surface area contributed by atoms with Crippen LogP contribution in [-0.2, 0) is 4.79 Å². The standard InChI is InChI=1S/C16H28Cl2N2O4/c1-16(24,8-21)15(23)20-4-2-9(3-5-20)14(19)10-6-11(17)12(18)7-13(10)22/h9-14,21-22,24H,2-8,19H2,1H3/t10?,11?,12?,13?,14-,16-/m1/s1. The van der Waals surface area contributed by atoms with Gasteiger partial charge >= 0.3 is 0 Å². The fraction of sp³-hybridized carbons (Fsp3) is 0.938. The van der Waals surface area contributed by atoms with E-state index in [1.165, 1.54) is 6.92 Å². The largest absolute Gasteiger partial charge is 0.393 e. The summed E-state index contributed by atoms with van der Waals surface area (Å²) in [7, 11) is 0. The first-order valence-electron chi connectivity index (χ1n) is 8.51. The van der Waals surface area contributed by atoms with Crippen molar-refractivity contribution >= 4 is 29.1 Å². The summed E-state index contributed by atoms with van der Waals surface area (Å²) in [6.07, 6.45) is 1.90. The van der Waals surface area contributed by atoms with Crippen molar-refractivity contribution in [1.82, 2.24) is 4.90 Å². The Kier molecular flexibility index (Phi) is 6.79. The summed E-state index contributed by atoms with van der Waals surface area (Å²) in [5.74, 6) is -0.362. The summed E-state index contributed by atoms with van der Waals surface area (Å²) in [6.45, 7) is 1.68. The zero-order valence-corrected chi connectivity index (χ0v) is 15.5. The normalized spacial score (nSPS) is 36.2. The molecular formula is C16H28Cl2N2O4. The van der Waals surface area contributed by atoms with Gasteiger partial charge in [-0.25, -0.2) is 0 Å². The number of carbonyl (C=O) groups is 1. The van der Waals surface area contributed by atoms with E-state index in [-0.39, 0.29) is 28.6 Å². The molecule has 0 aromatic carbocycles. The highest BCUT2D eigenvalue weighted by Crippen LogP contribution is 2.37. The molecule has 2 aliphatic rings. The third-order valence-electron chi connectivity index (χ3n) is 5.48. The third kappa shape index (κ3) is 4.34. The number of nitrogens with zero attached hydrogens (tertiary/aromatic N) is 1. The number of likely N-dealkylation sites (tertiary alicyclic amines) is 1. The summed E-state index contributed by atoms with van der Waals surface area (Å²) in [6, 6.07) is -0.193. The highest BCUT2D eigenvalue weighted by molar-refractivity contribution is 6.30. The van der Waals surface area contributed by atoms with E-state index in [0.717, 1.165) is 0 Å².